The number of urea groups is 1. The van der Waals surface area contributed by atoms with E-state index in [1.807, 2.05) is 49.4 Å². The summed E-state index contributed by atoms with van der Waals surface area (Å²) in [4.78, 5) is 16.3. The highest BCUT2D eigenvalue weighted by molar-refractivity contribution is 5.89. The molecule has 1 aromatic carbocycles. The Morgan fingerprint density at radius 1 is 1.09 bits per heavy atom. The van der Waals surface area contributed by atoms with Crippen molar-refractivity contribution >= 4 is 11.7 Å². The van der Waals surface area contributed by atoms with Crippen LogP contribution in [0.1, 0.15) is 37.7 Å². The van der Waals surface area contributed by atoms with Crippen LogP contribution in [0, 0.1) is 6.92 Å². The fourth-order valence-electron chi connectivity index (χ4n) is 2.10. The fourth-order valence-corrected chi connectivity index (χ4v) is 2.10. The summed E-state index contributed by atoms with van der Waals surface area (Å²) >= 11 is 0. The van der Waals surface area contributed by atoms with E-state index in [1.165, 1.54) is 5.56 Å². The lowest BCUT2D eigenvalue weighted by molar-refractivity contribution is 0.251. The lowest BCUT2D eigenvalue weighted by Gasteiger charge is -2.19. The molecule has 0 aliphatic carbocycles. The maximum absolute atomic E-state index is 11.9. The van der Waals surface area contributed by atoms with E-state index in [0.717, 1.165) is 17.1 Å². The van der Waals surface area contributed by atoms with Gasteiger partial charge in [0.1, 0.15) is 0 Å². The first-order valence-corrected chi connectivity index (χ1v) is 7.42. The minimum absolute atomic E-state index is 0.109. The minimum Gasteiger partial charge on any atom is -0.332 e. The Balaban J connectivity index is 1.89. The van der Waals surface area contributed by atoms with Crippen molar-refractivity contribution in [1.29, 1.82) is 0 Å². The molecular formula is C18H23N3O. The van der Waals surface area contributed by atoms with Gasteiger partial charge in [-0.25, -0.2) is 4.79 Å². The molecule has 0 aliphatic heterocycles. The number of amides is 2. The van der Waals surface area contributed by atoms with E-state index in [1.54, 1.807) is 0 Å². The van der Waals surface area contributed by atoms with Gasteiger partial charge in [0.25, 0.3) is 0 Å². The monoisotopic (exact) mass is 297 g/mol. The molecular weight excluding hydrogens is 274 g/mol. The van der Waals surface area contributed by atoms with Crippen molar-refractivity contribution in [2.45, 2.75) is 39.7 Å². The zero-order chi connectivity index (χ0) is 16.2. The number of pyridine rings is 1. The molecule has 0 saturated heterocycles. The maximum atomic E-state index is 11.9. The molecule has 0 aliphatic rings. The summed E-state index contributed by atoms with van der Waals surface area (Å²) in [6.07, 6.45) is 0. The quantitative estimate of drug-likeness (QED) is 0.899. The Morgan fingerprint density at radius 3 is 2.36 bits per heavy atom. The van der Waals surface area contributed by atoms with Crippen molar-refractivity contribution < 1.29 is 4.79 Å². The molecule has 0 radical (unpaired) electrons. The first kappa shape index (κ1) is 16.0. The van der Waals surface area contributed by atoms with Crippen LogP contribution < -0.4 is 10.6 Å². The first-order chi connectivity index (χ1) is 10.3. The number of carbonyl (C=O) groups excluding carboxylic acids is 1. The third-order valence-electron chi connectivity index (χ3n) is 3.38. The van der Waals surface area contributed by atoms with Crippen LogP contribution in [0.3, 0.4) is 0 Å². The molecule has 2 aromatic rings. The average Bonchev–Trinajstić information content (AvgIpc) is 2.45. The number of rotatable bonds is 3. The van der Waals surface area contributed by atoms with Gasteiger partial charge in [0.2, 0.25) is 0 Å². The Hall–Kier alpha value is -2.36. The predicted octanol–water partition coefficient (Wildman–Crippen LogP) is 4.01. The van der Waals surface area contributed by atoms with Crippen LogP contribution in [-0.4, -0.2) is 11.0 Å². The van der Waals surface area contributed by atoms with E-state index in [4.69, 9.17) is 0 Å². The summed E-state index contributed by atoms with van der Waals surface area (Å²) in [5.41, 5.74) is 3.92. The number of carbonyl (C=O) groups is 1. The summed E-state index contributed by atoms with van der Waals surface area (Å²) in [6.45, 7) is 8.83. The van der Waals surface area contributed by atoms with Gasteiger partial charge in [-0.15, -0.1) is 0 Å². The van der Waals surface area contributed by atoms with Gasteiger partial charge in [-0.05, 0) is 42.2 Å². The van der Waals surface area contributed by atoms with Crippen molar-refractivity contribution in [2.75, 3.05) is 5.32 Å². The van der Waals surface area contributed by atoms with Crippen LogP contribution in [0.25, 0.3) is 0 Å². The van der Waals surface area contributed by atoms with E-state index in [9.17, 15) is 4.79 Å². The van der Waals surface area contributed by atoms with Gasteiger partial charge in [0.05, 0.1) is 12.2 Å². The molecule has 0 unspecified atom stereocenters. The van der Waals surface area contributed by atoms with Crippen LogP contribution in [-0.2, 0) is 12.0 Å². The lowest BCUT2D eigenvalue weighted by Crippen LogP contribution is -2.28. The summed E-state index contributed by atoms with van der Waals surface area (Å²) in [7, 11) is 0. The van der Waals surface area contributed by atoms with Crippen molar-refractivity contribution in [3.05, 3.63) is 59.4 Å². The van der Waals surface area contributed by atoms with Gasteiger partial charge < -0.3 is 10.6 Å². The topological polar surface area (TPSA) is 54.0 Å². The molecule has 2 rings (SSSR count). The second kappa shape index (κ2) is 6.60. The van der Waals surface area contributed by atoms with Crippen molar-refractivity contribution in [2.24, 2.45) is 0 Å². The Bertz CT molecular complexity index is 642. The molecule has 2 amide bonds. The highest BCUT2D eigenvalue weighted by Crippen LogP contribution is 2.23. The molecule has 0 saturated carbocycles. The number of anilines is 1. The van der Waals surface area contributed by atoms with E-state index < -0.39 is 0 Å². The number of aryl methyl sites for hydroxylation is 1. The second-order valence-corrected chi connectivity index (χ2v) is 6.41. The molecule has 4 nitrogen and oxygen atoms in total. The maximum Gasteiger partial charge on any atom is 0.319 e. The van der Waals surface area contributed by atoms with E-state index in [0.29, 0.717) is 6.54 Å². The van der Waals surface area contributed by atoms with E-state index in [-0.39, 0.29) is 11.4 Å². The number of nitrogens with zero attached hydrogens (tertiary/aromatic N) is 1. The highest BCUT2D eigenvalue weighted by atomic mass is 16.2. The van der Waals surface area contributed by atoms with Crippen LogP contribution in [0.5, 0.6) is 0 Å². The minimum atomic E-state index is -0.230. The van der Waals surface area contributed by atoms with Crippen molar-refractivity contribution in [3.63, 3.8) is 0 Å². The standard InChI is InChI=1S/C18H23N3O/c1-13-6-5-7-16(20-13)12-19-17(22)21-15-10-8-14(9-11-15)18(2,3)4/h5-11H,12H2,1-4H3,(H2,19,21,22). The first-order valence-electron chi connectivity index (χ1n) is 7.42. The Kier molecular flexibility index (Phi) is 4.81. The molecule has 116 valence electrons. The average molecular weight is 297 g/mol. The van der Waals surface area contributed by atoms with Gasteiger partial charge in [-0.3, -0.25) is 4.98 Å². The zero-order valence-corrected chi connectivity index (χ0v) is 13.6. The Labute approximate surface area is 132 Å². The molecule has 0 fully saturated rings. The zero-order valence-electron chi connectivity index (χ0n) is 13.6. The van der Waals surface area contributed by atoms with Crippen LogP contribution in [0.15, 0.2) is 42.5 Å². The van der Waals surface area contributed by atoms with Gasteiger partial charge in [0, 0.05) is 11.4 Å². The molecule has 4 heteroatoms. The number of aromatic nitrogens is 1. The molecule has 0 atom stereocenters. The van der Waals surface area contributed by atoms with Crippen LogP contribution >= 0.6 is 0 Å². The fraction of sp³-hybridized carbons (Fsp3) is 0.333. The van der Waals surface area contributed by atoms with Crippen molar-refractivity contribution in [3.8, 4) is 0 Å². The molecule has 1 aromatic heterocycles. The summed E-state index contributed by atoms with van der Waals surface area (Å²) < 4.78 is 0. The number of hydrogen-bond donors (Lipinski definition) is 2. The number of hydrogen-bond acceptors (Lipinski definition) is 2. The largest absolute Gasteiger partial charge is 0.332 e. The van der Waals surface area contributed by atoms with Crippen molar-refractivity contribution in [1.82, 2.24) is 10.3 Å². The van der Waals surface area contributed by atoms with Gasteiger partial charge >= 0.3 is 6.03 Å². The molecule has 0 spiro atoms. The van der Waals surface area contributed by atoms with E-state index >= 15 is 0 Å². The summed E-state index contributed by atoms with van der Waals surface area (Å²) in [6, 6.07) is 13.5. The normalized spacial score (nSPS) is 11.1. The van der Waals surface area contributed by atoms with Gasteiger partial charge in [0.15, 0.2) is 0 Å². The number of nitrogens with one attached hydrogen (secondary N) is 2. The van der Waals surface area contributed by atoms with E-state index in [2.05, 4.69) is 36.4 Å². The third-order valence-corrected chi connectivity index (χ3v) is 3.38. The number of benzene rings is 1. The molecule has 22 heavy (non-hydrogen) atoms. The second-order valence-electron chi connectivity index (χ2n) is 6.41. The van der Waals surface area contributed by atoms with Gasteiger partial charge in [-0.1, -0.05) is 39.0 Å². The predicted molar refractivity (Wildman–Crippen MR) is 90.0 cm³/mol. The smallest absolute Gasteiger partial charge is 0.319 e. The summed E-state index contributed by atoms with van der Waals surface area (Å²) in [5.74, 6) is 0. The lowest BCUT2D eigenvalue weighted by atomic mass is 9.87. The SMILES string of the molecule is Cc1cccc(CNC(=O)Nc2ccc(C(C)(C)C)cc2)n1. The molecule has 0 bridgehead atoms. The Morgan fingerprint density at radius 2 is 1.77 bits per heavy atom. The molecule has 1 heterocycles. The highest BCUT2D eigenvalue weighted by Gasteiger charge is 2.13. The molecule has 2 N–H and O–H groups in total. The van der Waals surface area contributed by atoms with Gasteiger partial charge in [-0.2, -0.15) is 0 Å². The van der Waals surface area contributed by atoms with Crippen LogP contribution in [0.2, 0.25) is 0 Å². The third kappa shape index (κ3) is 4.58. The summed E-state index contributed by atoms with van der Waals surface area (Å²) in [5, 5.41) is 5.63. The van der Waals surface area contributed by atoms with Crippen LogP contribution in [0.4, 0.5) is 10.5 Å².